The Morgan fingerprint density at radius 1 is 1.32 bits per heavy atom. The zero-order valence-electron chi connectivity index (χ0n) is 15.2. The molecule has 1 amide bonds. The van der Waals surface area contributed by atoms with Gasteiger partial charge < -0.3 is 14.2 Å². The number of rotatable bonds is 2. The molecule has 7 heteroatoms. The van der Waals surface area contributed by atoms with Crippen molar-refractivity contribution in [2.45, 2.75) is 52.2 Å². The van der Waals surface area contributed by atoms with Crippen molar-refractivity contribution in [3.63, 3.8) is 0 Å². The van der Waals surface area contributed by atoms with E-state index < -0.39 is 5.60 Å². The van der Waals surface area contributed by atoms with E-state index in [0.717, 1.165) is 12.8 Å². The molecule has 2 aromatic rings. The second-order valence-electron chi connectivity index (χ2n) is 7.43. The third-order valence-electron chi connectivity index (χ3n) is 4.18. The van der Waals surface area contributed by atoms with E-state index in [2.05, 4.69) is 9.97 Å². The van der Waals surface area contributed by atoms with Gasteiger partial charge in [-0.05, 0) is 45.7 Å². The molecule has 1 fully saturated rings. The topological polar surface area (TPSA) is 77.3 Å². The normalized spacial score (nSPS) is 18.4. The van der Waals surface area contributed by atoms with Gasteiger partial charge in [-0.1, -0.05) is 0 Å². The summed E-state index contributed by atoms with van der Waals surface area (Å²) in [5.41, 5.74) is 0.850. The molecule has 134 valence electrons. The summed E-state index contributed by atoms with van der Waals surface area (Å²) < 4.78 is 7.37. The maximum atomic E-state index is 12.4. The number of ketones is 1. The standard InChI is InChI=1S/C18H24N4O3/c1-12(23)15-20-14-8-5-9-19-16(14)22(15)13-7-6-10-21(11-13)17(24)25-18(2,3)4/h5,8-9,13H,6-7,10-11H2,1-4H3. The molecule has 3 heterocycles. The van der Waals surface area contributed by atoms with E-state index in [1.54, 1.807) is 17.2 Å². The number of carbonyl (C=O) groups excluding carboxylic acids is 2. The van der Waals surface area contributed by atoms with Crippen molar-refractivity contribution >= 4 is 23.0 Å². The number of ether oxygens (including phenoxy) is 1. The van der Waals surface area contributed by atoms with E-state index >= 15 is 0 Å². The van der Waals surface area contributed by atoms with Crippen LogP contribution < -0.4 is 0 Å². The number of hydrogen-bond donors (Lipinski definition) is 0. The number of Topliss-reactive ketones (excluding diaryl/α,β-unsaturated/α-hetero) is 1. The molecule has 1 aliphatic rings. The molecular formula is C18H24N4O3. The second-order valence-corrected chi connectivity index (χ2v) is 7.43. The highest BCUT2D eigenvalue weighted by Crippen LogP contribution is 2.28. The van der Waals surface area contributed by atoms with Crippen LogP contribution in [-0.2, 0) is 4.74 Å². The van der Waals surface area contributed by atoms with Crippen LogP contribution >= 0.6 is 0 Å². The number of carbonyl (C=O) groups is 2. The number of imidazole rings is 1. The first-order valence-corrected chi connectivity index (χ1v) is 8.58. The molecule has 0 saturated carbocycles. The quantitative estimate of drug-likeness (QED) is 0.782. The number of nitrogens with zero attached hydrogens (tertiary/aromatic N) is 4. The van der Waals surface area contributed by atoms with Crippen LogP contribution in [0.2, 0.25) is 0 Å². The summed E-state index contributed by atoms with van der Waals surface area (Å²) in [6.07, 6.45) is 3.08. The van der Waals surface area contributed by atoms with Crippen molar-refractivity contribution in [2.24, 2.45) is 0 Å². The summed E-state index contributed by atoms with van der Waals surface area (Å²) in [6.45, 7) is 8.21. The van der Waals surface area contributed by atoms with E-state index in [0.29, 0.717) is 30.1 Å². The van der Waals surface area contributed by atoms with Gasteiger partial charge >= 0.3 is 6.09 Å². The van der Waals surface area contributed by atoms with E-state index in [1.807, 2.05) is 31.4 Å². The number of hydrogen-bond acceptors (Lipinski definition) is 5. The van der Waals surface area contributed by atoms with Crippen molar-refractivity contribution in [1.82, 2.24) is 19.4 Å². The van der Waals surface area contributed by atoms with Crippen LogP contribution in [-0.4, -0.2) is 50.0 Å². The molecule has 1 aliphatic heterocycles. The highest BCUT2D eigenvalue weighted by molar-refractivity contribution is 5.94. The first-order valence-electron chi connectivity index (χ1n) is 8.58. The average Bonchev–Trinajstić information content (AvgIpc) is 2.93. The van der Waals surface area contributed by atoms with Gasteiger partial charge in [0.2, 0.25) is 0 Å². The van der Waals surface area contributed by atoms with Crippen LogP contribution in [0.4, 0.5) is 4.79 Å². The van der Waals surface area contributed by atoms with Gasteiger partial charge in [-0.3, -0.25) is 4.79 Å². The van der Waals surface area contributed by atoms with E-state index in [1.165, 1.54) is 6.92 Å². The molecule has 0 aromatic carbocycles. The molecule has 25 heavy (non-hydrogen) atoms. The molecule has 1 saturated heterocycles. The number of piperidine rings is 1. The van der Waals surface area contributed by atoms with Gasteiger partial charge in [-0.25, -0.2) is 14.8 Å². The zero-order chi connectivity index (χ0) is 18.2. The average molecular weight is 344 g/mol. The van der Waals surface area contributed by atoms with Gasteiger partial charge in [-0.15, -0.1) is 0 Å². The Morgan fingerprint density at radius 2 is 2.08 bits per heavy atom. The third kappa shape index (κ3) is 3.65. The summed E-state index contributed by atoms with van der Waals surface area (Å²) in [7, 11) is 0. The van der Waals surface area contributed by atoms with E-state index in [-0.39, 0.29) is 17.9 Å². The summed E-state index contributed by atoms with van der Waals surface area (Å²) in [4.78, 5) is 35.0. The predicted molar refractivity (Wildman–Crippen MR) is 93.6 cm³/mol. The van der Waals surface area contributed by atoms with Gasteiger partial charge in [0.05, 0.1) is 6.04 Å². The molecule has 0 spiro atoms. The minimum atomic E-state index is -0.530. The van der Waals surface area contributed by atoms with Gasteiger partial charge in [0.25, 0.3) is 0 Å². The fraction of sp³-hybridized carbons (Fsp3) is 0.556. The van der Waals surface area contributed by atoms with Crippen LogP contribution in [0.15, 0.2) is 18.3 Å². The van der Waals surface area contributed by atoms with E-state index in [9.17, 15) is 9.59 Å². The first kappa shape index (κ1) is 17.4. The van der Waals surface area contributed by atoms with Crippen LogP contribution in [0, 0.1) is 0 Å². The minimum Gasteiger partial charge on any atom is -0.444 e. The molecule has 0 bridgehead atoms. The highest BCUT2D eigenvalue weighted by Gasteiger charge is 2.31. The Morgan fingerprint density at radius 3 is 2.76 bits per heavy atom. The van der Waals surface area contributed by atoms with Crippen molar-refractivity contribution in [1.29, 1.82) is 0 Å². The van der Waals surface area contributed by atoms with E-state index in [4.69, 9.17) is 4.74 Å². The lowest BCUT2D eigenvalue weighted by molar-refractivity contribution is 0.0173. The largest absolute Gasteiger partial charge is 0.444 e. The summed E-state index contributed by atoms with van der Waals surface area (Å²) >= 11 is 0. The number of aromatic nitrogens is 3. The Hall–Kier alpha value is -2.44. The number of likely N-dealkylation sites (tertiary alicyclic amines) is 1. The van der Waals surface area contributed by atoms with Gasteiger partial charge in [0.15, 0.2) is 17.3 Å². The smallest absolute Gasteiger partial charge is 0.410 e. The predicted octanol–water partition coefficient (Wildman–Crippen LogP) is 3.21. The summed E-state index contributed by atoms with van der Waals surface area (Å²) in [5.74, 6) is 0.289. The lowest BCUT2D eigenvalue weighted by atomic mass is 10.1. The number of amides is 1. The van der Waals surface area contributed by atoms with Crippen LogP contribution in [0.1, 0.15) is 57.2 Å². The van der Waals surface area contributed by atoms with Crippen LogP contribution in [0.25, 0.3) is 11.2 Å². The first-order chi connectivity index (χ1) is 11.8. The maximum absolute atomic E-state index is 12.4. The number of pyridine rings is 1. The van der Waals surface area contributed by atoms with Crippen molar-refractivity contribution in [3.05, 3.63) is 24.2 Å². The fourth-order valence-corrected chi connectivity index (χ4v) is 3.18. The Balaban J connectivity index is 1.91. The molecule has 0 radical (unpaired) electrons. The molecule has 7 nitrogen and oxygen atoms in total. The minimum absolute atomic E-state index is 0.0416. The molecular weight excluding hydrogens is 320 g/mol. The Labute approximate surface area is 147 Å². The third-order valence-corrected chi connectivity index (χ3v) is 4.18. The Kier molecular flexibility index (Phi) is 4.49. The van der Waals surface area contributed by atoms with Gasteiger partial charge in [0.1, 0.15) is 11.1 Å². The van der Waals surface area contributed by atoms with Crippen LogP contribution in [0.5, 0.6) is 0 Å². The molecule has 0 N–H and O–H groups in total. The highest BCUT2D eigenvalue weighted by atomic mass is 16.6. The monoisotopic (exact) mass is 344 g/mol. The molecule has 3 rings (SSSR count). The maximum Gasteiger partial charge on any atom is 0.410 e. The zero-order valence-corrected chi connectivity index (χ0v) is 15.2. The summed E-state index contributed by atoms with van der Waals surface area (Å²) in [5, 5.41) is 0. The van der Waals surface area contributed by atoms with Crippen molar-refractivity contribution in [2.75, 3.05) is 13.1 Å². The van der Waals surface area contributed by atoms with Crippen LogP contribution in [0.3, 0.4) is 0 Å². The second kappa shape index (κ2) is 6.46. The molecule has 2 aromatic heterocycles. The summed E-state index contributed by atoms with van der Waals surface area (Å²) in [6, 6.07) is 3.61. The van der Waals surface area contributed by atoms with Crippen molar-refractivity contribution in [3.8, 4) is 0 Å². The van der Waals surface area contributed by atoms with Gasteiger partial charge in [-0.2, -0.15) is 0 Å². The lowest BCUT2D eigenvalue weighted by Gasteiger charge is -2.35. The lowest BCUT2D eigenvalue weighted by Crippen LogP contribution is -2.43. The number of fused-ring (bicyclic) bond motifs is 1. The molecule has 1 unspecified atom stereocenters. The molecule has 1 atom stereocenters. The van der Waals surface area contributed by atoms with Crippen molar-refractivity contribution < 1.29 is 14.3 Å². The SMILES string of the molecule is CC(=O)c1nc2cccnc2n1C1CCCN(C(=O)OC(C)(C)C)C1. The Bertz CT molecular complexity index is 806. The fourth-order valence-electron chi connectivity index (χ4n) is 3.18. The van der Waals surface area contributed by atoms with Gasteiger partial charge in [0, 0.05) is 26.2 Å². The molecule has 0 aliphatic carbocycles.